The Hall–Kier alpha value is -1.74. The van der Waals surface area contributed by atoms with Gasteiger partial charge in [0.25, 0.3) is 0 Å². The Balaban J connectivity index is 0.000000419. The summed E-state index contributed by atoms with van der Waals surface area (Å²) in [5.74, 6) is 2.03. The van der Waals surface area contributed by atoms with Crippen molar-refractivity contribution in [3.63, 3.8) is 0 Å². The van der Waals surface area contributed by atoms with E-state index in [1.54, 1.807) is 0 Å². The lowest BCUT2D eigenvalue weighted by molar-refractivity contribution is -0.0526. The maximum atomic E-state index is 11.1. The molecule has 316 valence electrons. The molecule has 0 aromatic heterocycles. The minimum atomic E-state index is -5.34. The van der Waals surface area contributed by atoms with E-state index in [2.05, 4.69) is 151 Å². The van der Waals surface area contributed by atoms with Crippen LogP contribution in [0.3, 0.4) is 0 Å². The maximum absolute atomic E-state index is 11.1. The van der Waals surface area contributed by atoms with Gasteiger partial charge in [0.2, 0.25) is 0 Å². The Morgan fingerprint density at radius 2 is 0.907 bits per heavy atom. The number of hydrogen-bond acceptors (Lipinski definition) is 15. The Bertz CT molecular complexity index is 1330. The molecule has 0 spiro atoms. The van der Waals surface area contributed by atoms with Crippen LogP contribution in [0.15, 0.2) is 30.4 Å². The van der Waals surface area contributed by atoms with E-state index in [0.717, 1.165) is 64.0 Å². The van der Waals surface area contributed by atoms with Gasteiger partial charge in [0.1, 0.15) is 33.8 Å². The van der Waals surface area contributed by atoms with Crippen LogP contribution < -0.4 is 0 Å². The van der Waals surface area contributed by atoms with Crippen LogP contribution in [0.1, 0.15) is 55.4 Å². The lowest BCUT2D eigenvalue weighted by atomic mass is 10.00. The van der Waals surface area contributed by atoms with Crippen molar-refractivity contribution in [3.8, 4) is 0 Å². The van der Waals surface area contributed by atoms with Crippen LogP contribution >= 0.6 is 23.2 Å². The van der Waals surface area contributed by atoms with Crippen molar-refractivity contribution in [3.05, 3.63) is 0 Å². The second-order valence-corrected chi connectivity index (χ2v) is 18.4. The summed E-state index contributed by atoms with van der Waals surface area (Å²) < 4.78 is 55.9. The third kappa shape index (κ3) is 13.7. The molecule has 0 aromatic carbocycles. The predicted molar refractivity (Wildman–Crippen MR) is 213 cm³/mol. The van der Waals surface area contributed by atoms with E-state index >= 15 is 0 Å². The molecule has 0 radical (unpaired) electrons. The van der Waals surface area contributed by atoms with E-state index in [4.69, 9.17) is 33.4 Å². The highest BCUT2D eigenvalue weighted by Crippen LogP contribution is 2.31. The minimum absolute atomic E-state index is 0.194. The van der Waals surface area contributed by atoms with Gasteiger partial charge in [0.05, 0.1) is 37.9 Å². The fourth-order valence-electron chi connectivity index (χ4n) is 7.13. The average Bonchev–Trinajstić information content (AvgIpc) is 3.84. The molecule has 54 heavy (non-hydrogen) atoms. The quantitative estimate of drug-likeness (QED) is 0.136. The van der Waals surface area contributed by atoms with Crippen molar-refractivity contribution in [2.45, 2.75) is 95.4 Å². The summed E-state index contributed by atoms with van der Waals surface area (Å²) in [7, 11) is 7.93. The van der Waals surface area contributed by atoms with E-state index in [1.807, 2.05) is 0 Å². The number of nitrogens with zero attached hydrogens (tertiary/aromatic N) is 12. The molecule has 2 saturated heterocycles. The molecule has 4 heterocycles. The zero-order chi connectivity index (χ0) is 42.1. The van der Waals surface area contributed by atoms with Crippen LogP contribution in [0, 0.1) is 0 Å². The van der Waals surface area contributed by atoms with Gasteiger partial charge in [-0.05, 0) is 83.6 Å². The summed E-state index contributed by atoms with van der Waals surface area (Å²) in [6.45, 7) is 25.0. The number of hydrogen-bond donors (Lipinski definition) is 0. The molecular weight excluding hydrogens is 772 g/mol. The van der Waals surface area contributed by atoms with Gasteiger partial charge in [-0.25, -0.2) is 0 Å². The van der Waals surface area contributed by atoms with E-state index in [0.29, 0.717) is 19.4 Å². The van der Waals surface area contributed by atoms with Crippen LogP contribution in [-0.2, 0) is 14.3 Å². The Kier molecular flexibility index (Phi) is 18.7. The van der Waals surface area contributed by atoms with Crippen LogP contribution in [0.2, 0.25) is 0 Å². The van der Waals surface area contributed by atoms with Crippen molar-refractivity contribution in [2.75, 3.05) is 107 Å². The Morgan fingerprint density at radius 1 is 0.630 bits per heavy atom. The van der Waals surface area contributed by atoms with Gasteiger partial charge in [-0.3, -0.25) is 33.8 Å². The highest BCUT2D eigenvalue weighted by atomic mass is 35.5. The standard InChI is InChI=1S/C16H34N6.C14H26N6.C2H3F3O3S.CH2Cl2/c1-15(2,13-19(5)9-10-20(13)6)17-18-16(3,4)14-21(7)11-12-22(14)8;1-13(2,11-15-7-9-19(11)5)17-18-14(3,4)12-16-8-10-20(12)6;1-8-9(6,7)2(3,4)5;2-1-3/h13-14H,9-12H2,1-8H3;7-10H2,1-6H3;1H3;1H2. The number of aliphatic imine (C=N–C) groups is 2. The average molecular weight is 838 g/mol. The normalized spacial score (nSPS) is 21.0. The van der Waals surface area contributed by atoms with Gasteiger partial charge < -0.3 is 9.80 Å². The summed E-state index contributed by atoms with van der Waals surface area (Å²) in [5.41, 5.74) is -6.51. The van der Waals surface area contributed by atoms with Gasteiger partial charge in [0.15, 0.2) is 0 Å². The van der Waals surface area contributed by atoms with E-state index in [1.165, 1.54) is 0 Å². The highest BCUT2D eigenvalue weighted by molar-refractivity contribution is 7.87. The maximum Gasteiger partial charge on any atom is 0.523 e. The summed E-state index contributed by atoms with van der Waals surface area (Å²) in [6, 6.07) is 0. The zero-order valence-electron chi connectivity index (χ0n) is 34.9. The number of alkyl halides is 5. The first-order valence-electron chi connectivity index (χ1n) is 17.7. The van der Waals surface area contributed by atoms with Crippen LogP contribution in [0.25, 0.3) is 0 Å². The molecular formula is C33H65Cl2F3N12O3S. The SMILES string of the molecule is CN1CCN(C)C1C(C)(C)N=NC(C)(C)C1N(C)CCN1C.CN1CCN=C1C(C)(C)N=NC(C)(C)C1=NCCN1C.COS(=O)(=O)C(F)(F)F.ClCCl. The number of likely N-dealkylation sites (N-methyl/N-ethyl adjacent to an activating group) is 6. The smallest absolute Gasteiger partial charge is 0.359 e. The first kappa shape index (κ1) is 50.3. The summed E-state index contributed by atoms with van der Waals surface area (Å²) >= 11 is 9.53. The molecule has 21 heteroatoms. The van der Waals surface area contributed by atoms with Crippen molar-refractivity contribution < 1.29 is 25.8 Å². The summed E-state index contributed by atoms with van der Waals surface area (Å²) in [6.07, 6.45) is 0.622. The lowest BCUT2D eigenvalue weighted by Gasteiger charge is -2.38. The minimum Gasteiger partial charge on any atom is -0.359 e. The highest BCUT2D eigenvalue weighted by Gasteiger charge is 2.46. The summed E-state index contributed by atoms with van der Waals surface area (Å²) in [5, 5.41) is 19.0. The fraction of sp³-hybridized carbons (Fsp3) is 0.939. The Labute approximate surface area is 332 Å². The molecule has 2 fully saturated rings. The zero-order valence-corrected chi connectivity index (χ0v) is 37.2. The molecule has 0 aromatic rings. The topological polar surface area (TPSA) is 137 Å². The fourth-order valence-corrected chi connectivity index (χ4v) is 7.32. The molecule has 4 rings (SSSR count). The second kappa shape index (κ2) is 20.1. The second-order valence-electron chi connectivity index (χ2n) is 15.9. The van der Waals surface area contributed by atoms with Gasteiger partial charge in [-0.1, -0.05) is 0 Å². The third-order valence-electron chi connectivity index (χ3n) is 9.37. The molecule has 0 aliphatic carbocycles. The van der Waals surface area contributed by atoms with E-state index in [-0.39, 0.29) is 27.5 Å². The molecule has 15 nitrogen and oxygen atoms in total. The molecule has 4 aliphatic heterocycles. The van der Waals surface area contributed by atoms with Crippen LogP contribution in [-0.4, -0.2) is 197 Å². The first-order valence-corrected chi connectivity index (χ1v) is 20.2. The number of azo groups is 2. The third-order valence-corrected chi connectivity index (χ3v) is 10.4. The van der Waals surface area contributed by atoms with Gasteiger partial charge >= 0.3 is 15.6 Å². The Morgan fingerprint density at radius 3 is 1.09 bits per heavy atom. The van der Waals surface area contributed by atoms with Gasteiger partial charge in [-0.15, -0.1) is 23.2 Å². The van der Waals surface area contributed by atoms with Crippen molar-refractivity contribution in [1.82, 2.24) is 29.4 Å². The van der Waals surface area contributed by atoms with Crippen LogP contribution in [0.5, 0.6) is 0 Å². The molecule has 0 unspecified atom stereocenters. The largest absolute Gasteiger partial charge is 0.523 e. The molecule has 0 bridgehead atoms. The molecule has 0 atom stereocenters. The monoisotopic (exact) mass is 836 g/mol. The van der Waals surface area contributed by atoms with Gasteiger partial charge in [0, 0.05) is 53.4 Å². The van der Waals surface area contributed by atoms with E-state index in [9.17, 15) is 21.6 Å². The molecule has 0 N–H and O–H groups in total. The van der Waals surface area contributed by atoms with E-state index < -0.39 is 15.6 Å². The lowest BCUT2D eigenvalue weighted by Crippen LogP contribution is -2.52. The molecule has 0 amide bonds. The molecule has 4 aliphatic rings. The predicted octanol–water partition coefficient (Wildman–Crippen LogP) is 4.99. The van der Waals surface area contributed by atoms with Crippen molar-refractivity contribution in [2.24, 2.45) is 30.4 Å². The number of amidine groups is 2. The molecule has 0 saturated carbocycles. The summed E-state index contributed by atoms with van der Waals surface area (Å²) in [4.78, 5) is 22.9. The van der Waals surface area contributed by atoms with Crippen molar-refractivity contribution >= 4 is 45.0 Å². The van der Waals surface area contributed by atoms with Crippen LogP contribution in [0.4, 0.5) is 13.2 Å². The van der Waals surface area contributed by atoms with Gasteiger partial charge in [-0.2, -0.15) is 42.0 Å². The first-order chi connectivity index (χ1) is 24.5. The number of rotatable bonds is 9. The number of halogens is 5. The van der Waals surface area contributed by atoms with Crippen molar-refractivity contribution in [1.29, 1.82) is 0 Å².